The maximum Gasteiger partial charge on any atom is 0.254 e. The number of ether oxygens (including phenoxy) is 1. The predicted molar refractivity (Wildman–Crippen MR) is 58.8 cm³/mol. The summed E-state index contributed by atoms with van der Waals surface area (Å²) in [5, 5.41) is 8.74. The minimum atomic E-state index is -0.376. The molecule has 4 nitrogen and oxygen atoms in total. The van der Waals surface area contributed by atoms with Gasteiger partial charge in [-0.2, -0.15) is 0 Å². The van der Waals surface area contributed by atoms with Gasteiger partial charge >= 0.3 is 0 Å². The molecule has 0 aliphatic carbocycles. The van der Waals surface area contributed by atoms with Gasteiger partial charge in [0.2, 0.25) is 0 Å². The number of carbonyl (C=O) groups is 1. The van der Waals surface area contributed by atoms with E-state index < -0.39 is 0 Å². The van der Waals surface area contributed by atoms with E-state index in [9.17, 15) is 4.79 Å². The quantitative estimate of drug-likeness (QED) is 0.756. The fourth-order valence-corrected chi connectivity index (χ4v) is 1.67. The second-order valence-electron chi connectivity index (χ2n) is 3.87. The Bertz CT molecular complexity index is 366. The summed E-state index contributed by atoms with van der Waals surface area (Å²) >= 11 is 0. The average molecular weight is 221 g/mol. The highest BCUT2D eigenvalue weighted by Crippen LogP contribution is 2.39. The number of hydrogen-bond donors (Lipinski definition) is 1. The first-order valence-electron chi connectivity index (χ1n) is 5.30. The molecular weight excluding hydrogens is 206 g/mol. The smallest absolute Gasteiger partial charge is 0.254 e. The Hall–Kier alpha value is -1.39. The summed E-state index contributed by atoms with van der Waals surface area (Å²) in [4.78, 5) is 13.3. The first-order chi connectivity index (χ1) is 7.74. The minimum Gasteiger partial charge on any atom is -0.395 e. The Kier molecular flexibility index (Phi) is 3.22. The first kappa shape index (κ1) is 11.1. The zero-order chi connectivity index (χ0) is 11.5. The third kappa shape index (κ3) is 2.23. The lowest BCUT2D eigenvalue weighted by Gasteiger charge is -2.13. The van der Waals surface area contributed by atoms with Crippen molar-refractivity contribution in [3.05, 3.63) is 35.9 Å². The molecule has 2 unspecified atom stereocenters. The number of aliphatic hydroxyl groups is 1. The molecule has 2 rings (SSSR count). The van der Waals surface area contributed by atoms with E-state index in [0.717, 1.165) is 5.56 Å². The van der Waals surface area contributed by atoms with E-state index in [4.69, 9.17) is 9.84 Å². The van der Waals surface area contributed by atoms with Gasteiger partial charge in [0.1, 0.15) is 6.10 Å². The van der Waals surface area contributed by atoms with Crippen molar-refractivity contribution in [2.24, 2.45) is 0 Å². The zero-order valence-corrected chi connectivity index (χ0v) is 9.17. The van der Waals surface area contributed by atoms with Crippen LogP contribution < -0.4 is 0 Å². The van der Waals surface area contributed by atoms with Crippen molar-refractivity contribution in [1.82, 2.24) is 4.90 Å². The highest BCUT2D eigenvalue weighted by Gasteiger charge is 2.47. The van der Waals surface area contributed by atoms with Crippen LogP contribution in [0.1, 0.15) is 11.7 Å². The summed E-state index contributed by atoms with van der Waals surface area (Å²) in [6, 6.07) is 9.68. The Morgan fingerprint density at radius 3 is 2.75 bits per heavy atom. The van der Waals surface area contributed by atoms with E-state index in [1.54, 1.807) is 7.05 Å². The van der Waals surface area contributed by atoms with Crippen LogP contribution in [-0.4, -0.2) is 42.2 Å². The Morgan fingerprint density at radius 1 is 1.44 bits per heavy atom. The number of aliphatic hydroxyl groups excluding tert-OH is 1. The number of carbonyl (C=O) groups excluding carboxylic acids is 1. The standard InChI is InChI=1S/C12H15NO3/c1-13(7-8-14)12(15)11-10(16-11)9-5-3-2-4-6-9/h2-6,10-11,14H,7-8H2,1H3. The van der Waals surface area contributed by atoms with Gasteiger partial charge in [-0.25, -0.2) is 0 Å². The molecule has 0 saturated carbocycles. The fourth-order valence-electron chi connectivity index (χ4n) is 1.67. The number of likely N-dealkylation sites (N-methyl/N-ethyl adjacent to an activating group) is 1. The molecule has 1 N–H and O–H groups in total. The molecule has 1 saturated heterocycles. The van der Waals surface area contributed by atoms with E-state index in [-0.39, 0.29) is 24.7 Å². The van der Waals surface area contributed by atoms with E-state index in [1.165, 1.54) is 4.90 Å². The molecule has 1 aromatic rings. The van der Waals surface area contributed by atoms with Crippen LogP contribution in [0.2, 0.25) is 0 Å². The number of epoxide rings is 1. The molecule has 0 bridgehead atoms. The van der Waals surface area contributed by atoms with Gasteiger partial charge in [-0.3, -0.25) is 4.79 Å². The summed E-state index contributed by atoms with van der Waals surface area (Å²) in [5.74, 6) is -0.0668. The number of benzene rings is 1. The fraction of sp³-hybridized carbons (Fsp3) is 0.417. The van der Waals surface area contributed by atoms with Gasteiger partial charge in [0.05, 0.1) is 6.61 Å². The lowest BCUT2D eigenvalue weighted by atomic mass is 10.1. The minimum absolute atomic E-state index is 0.0229. The van der Waals surface area contributed by atoms with E-state index in [2.05, 4.69) is 0 Å². The van der Waals surface area contributed by atoms with Crippen molar-refractivity contribution in [1.29, 1.82) is 0 Å². The molecule has 0 aromatic heterocycles. The molecule has 1 aliphatic heterocycles. The van der Waals surface area contributed by atoms with Crippen LogP contribution in [0.3, 0.4) is 0 Å². The topological polar surface area (TPSA) is 53.1 Å². The lowest BCUT2D eigenvalue weighted by molar-refractivity contribution is -0.131. The van der Waals surface area contributed by atoms with Gasteiger partial charge < -0.3 is 14.7 Å². The number of rotatable bonds is 4. The SMILES string of the molecule is CN(CCO)C(=O)C1OC1c1ccccc1. The third-order valence-corrected chi connectivity index (χ3v) is 2.67. The van der Waals surface area contributed by atoms with Crippen LogP contribution in [0.15, 0.2) is 30.3 Å². The molecule has 1 aromatic carbocycles. The Labute approximate surface area is 94.4 Å². The van der Waals surface area contributed by atoms with Gasteiger partial charge in [-0.1, -0.05) is 30.3 Å². The molecule has 16 heavy (non-hydrogen) atoms. The van der Waals surface area contributed by atoms with Crippen molar-refractivity contribution < 1.29 is 14.6 Å². The van der Waals surface area contributed by atoms with Crippen LogP contribution >= 0.6 is 0 Å². The summed E-state index contributed by atoms with van der Waals surface area (Å²) in [6.07, 6.45) is -0.492. The summed E-state index contributed by atoms with van der Waals surface area (Å²) in [6.45, 7) is 0.325. The molecule has 0 radical (unpaired) electrons. The molecule has 1 aliphatic rings. The maximum atomic E-state index is 11.8. The Morgan fingerprint density at radius 2 is 2.12 bits per heavy atom. The normalized spacial score (nSPS) is 22.9. The molecule has 1 heterocycles. The van der Waals surface area contributed by atoms with Gasteiger partial charge in [0.25, 0.3) is 5.91 Å². The highest BCUT2D eigenvalue weighted by atomic mass is 16.6. The lowest BCUT2D eigenvalue weighted by Crippen LogP contribution is -2.33. The van der Waals surface area contributed by atoms with Gasteiger partial charge in [-0.05, 0) is 5.56 Å². The van der Waals surface area contributed by atoms with Crippen molar-refractivity contribution in [3.8, 4) is 0 Å². The molecule has 1 amide bonds. The monoisotopic (exact) mass is 221 g/mol. The van der Waals surface area contributed by atoms with Crippen LogP contribution in [0.4, 0.5) is 0 Å². The number of amides is 1. The van der Waals surface area contributed by atoms with Crippen LogP contribution in [0, 0.1) is 0 Å². The average Bonchev–Trinajstić information content (AvgIpc) is 3.09. The molecule has 4 heteroatoms. The molecular formula is C12H15NO3. The first-order valence-corrected chi connectivity index (χ1v) is 5.30. The molecule has 1 fully saturated rings. The maximum absolute atomic E-state index is 11.8. The number of hydrogen-bond acceptors (Lipinski definition) is 3. The molecule has 0 spiro atoms. The van der Waals surface area contributed by atoms with Crippen molar-refractivity contribution in [2.75, 3.05) is 20.2 Å². The van der Waals surface area contributed by atoms with Gasteiger partial charge in [0, 0.05) is 13.6 Å². The van der Waals surface area contributed by atoms with E-state index in [1.807, 2.05) is 30.3 Å². The van der Waals surface area contributed by atoms with Crippen LogP contribution in [-0.2, 0) is 9.53 Å². The summed E-state index contributed by atoms with van der Waals surface area (Å²) < 4.78 is 5.36. The molecule has 2 atom stereocenters. The number of nitrogens with zero attached hydrogens (tertiary/aromatic N) is 1. The predicted octanol–water partition coefficient (Wildman–Crippen LogP) is 0.577. The summed E-state index contributed by atoms with van der Waals surface area (Å²) in [5.41, 5.74) is 1.03. The highest BCUT2D eigenvalue weighted by molar-refractivity contribution is 5.83. The second kappa shape index (κ2) is 4.63. The van der Waals surface area contributed by atoms with Crippen LogP contribution in [0.5, 0.6) is 0 Å². The van der Waals surface area contributed by atoms with Gasteiger partial charge in [0.15, 0.2) is 6.10 Å². The zero-order valence-electron chi connectivity index (χ0n) is 9.17. The summed E-state index contributed by atoms with van der Waals surface area (Å²) in [7, 11) is 1.67. The van der Waals surface area contributed by atoms with Crippen molar-refractivity contribution >= 4 is 5.91 Å². The van der Waals surface area contributed by atoms with Gasteiger partial charge in [-0.15, -0.1) is 0 Å². The third-order valence-electron chi connectivity index (χ3n) is 2.67. The Balaban J connectivity index is 1.94. The van der Waals surface area contributed by atoms with Crippen molar-refractivity contribution in [2.45, 2.75) is 12.2 Å². The van der Waals surface area contributed by atoms with E-state index >= 15 is 0 Å². The van der Waals surface area contributed by atoms with Crippen LogP contribution in [0.25, 0.3) is 0 Å². The van der Waals surface area contributed by atoms with Crippen molar-refractivity contribution in [3.63, 3.8) is 0 Å². The van der Waals surface area contributed by atoms with E-state index in [0.29, 0.717) is 6.54 Å². The largest absolute Gasteiger partial charge is 0.395 e. The molecule has 86 valence electrons. The second-order valence-corrected chi connectivity index (χ2v) is 3.87.